The number of amides is 1. The molecular weight excluding hydrogens is 496 g/mol. The smallest absolute Gasteiger partial charge is 0.301 e. The molecule has 6 nitrogen and oxygen atoms in total. The second-order valence-electron chi connectivity index (χ2n) is 8.58. The number of aryl methyl sites for hydroxylation is 2. The quantitative estimate of drug-likeness (QED) is 0.186. The Hall–Kier alpha value is -3.68. The van der Waals surface area contributed by atoms with Gasteiger partial charge in [0.2, 0.25) is 0 Å². The number of methoxy groups -OCH3 is 1. The van der Waals surface area contributed by atoms with E-state index in [1.165, 1.54) is 29.4 Å². The number of aromatic nitrogens is 1. The van der Waals surface area contributed by atoms with Crippen LogP contribution in [0.2, 0.25) is 5.02 Å². The molecule has 0 radical (unpaired) electrons. The fraction of sp³-hybridized carbons (Fsp3) is 0.179. The minimum Gasteiger partial charge on any atom is -0.507 e. The number of hydrogen-bond acceptors (Lipinski definition) is 6. The third kappa shape index (κ3) is 4.04. The van der Waals surface area contributed by atoms with Gasteiger partial charge in [0.25, 0.3) is 5.78 Å². The molecule has 1 saturated heterocycles. The molecule has 5 rings (SSSR count). The maximum absolute atomic E-state index is 13.5. The highest BCUT2D eigenvalue weighted by molar-refractivity contribution is 7.22. The predicted octanol–water partition coefficient (Wildman–Crippen LogP) is 6.46. The van der Waals surface area contributed by atoms with Crippen LogP contribution in [0.4, 0.5) is 5.13 Å². The second kappa shape index (κ2) is 9.41. The molecule has 0 spiro atoms. The molecule has 1 amide bonds. The zero-order valence-corrected chi connectivity index (χ0v) is 21.5. The molecule has 1 fully saturated rings. The third-order valence-corrected chi connectivity index (χ3v) is 7.53. The molecule has 1 atom stereocenters. The van der Waals surface area contributed by atoms with Crippen molar-refractivity contribution < 1.29 is 19.4 Å². The van der Waals surface area contributed by atoms with E-state index in [-0.39, 0.29) is 16.9 Å². The molecule has 4 aromatic rings. The fourth-order valence-corrected chi connectivity index (χ4v) is 5.70. The molecule has 0 aliphatic carbocycles. The van der Waals surface area contributed by atoms with E-state index in [1.54, 1.807) is 12.1 Å². The second-order valence-corrected chi connectivity index (χ2v) is 10.0. The molecule has 182 valence electrons. The first-order chi connectivity index (χ1) is 17.3. The Bertz CT molecular complexity index is 1560. The maximum Gasteiger partial charge on any atom is 0.301 e. The van der Waals surface area contributed by atoms with Gasteiger partial charge < -0.3 is 9.84 Å². The van der Waals surface area contributed by atoms with Crippen LogP contribution in [0.5, 0.6) is 5.75 Å². The Morgan fingerprint density at radius 2 is 1.94 bits per heavy atom. The highest BCUT2D eigenvalue weighted by atomic mass is 35.5. The number of aliphatic hydroxyl groups excluding tert-OH is 1. The van der Waals surface area contributed by atoms with Crippen molar-refractivity contribution in [2.45, 2.75) is 26.3 Å². The molecule has 1 aliphatic heterocycles. The minimum atomic E-state index is -0.875. The highest BCUT2D eigenvalue weighted by Crippen LogP contribution is 2.45. The molecule has 3 aromatic carbocycles. The topological polar surface area (TPSA) is 79.7 Å². The van der Waals surface area contributed by atoms with E-state index >= 15 is 0 Å². The number of carbonyl (C=O) groups excluding carboxylic acids is 2. The lowest BCUT2D eigenvalue weighted by atomic mass is 9.94. The van der Waals surface area contributed by atoms with Crippen molar-refractivity contribution in [2.75, 3.05) is 12.0 Å². The van der Waals surface area contributed by atoms with Crippen molar-refractivity contribution in [2.24, 2.45) is 0 Å². The van der Waals surface area contributed by atoms with E-state index in [9.17, 15) is 14.7 Å². The number of aliphatic hydroxyl groups is 1. The number of rotatable bonds is 5. The number of benzene rings is 3. The van der Waals surface area contributed by atoms with Gasteiger partial charge in [-0.3, -0.25) is 14.5 Å². The Labute approximate surface area is 217 Å². The first-order valence-corrected chi connectivity index (χ1v) is 12.6. The van der Waals surface area contributed by atoms with Gasteiger partial charge in [0.05, 0.1) is 34.5 Å². The van der Waals surface area contributed by atoms with Crippen LogP contribution >= 0.6 is 22.9 Å². The highest BCUT2D eigenvalue weighted by Gasteiger charge is 2.48. The van der Waals surface area contributed by atoms with E-state index in [0.29, 0.717) is 21.5 Å². The zero-order chi connectivity index (χ0) is 25.6. The number of hydrogen-bond donors (Lipinski definition) is 1. The summed E-state index contributed by atoms with van der Waals surface area (Å²) in [7, 11) is 1.46. The maximum atomic E-state index is 13.5. The van der Waals surface area contributed by atoms with Crippen molar-refractivity contribution >= 4 is 55.7 Å². The van der Waals surface area contributed by atoms with Crippen molar-refractivity contribution in [3.8, 4) is 5.75 Å². The van der Waals surface area contributed by atoms with Crippen molar-refractivity contribution in [3.63, 3.8) is 0 Å². The first kappa shape index (κ1) is 24.0. The normalized spacial score (nSPS) is 17.2. The monoisotopic (exact) mass is 518 g/mol. The average Bonchev–Trinajstić information content (AvgIpc) is 3.41. The number of thiazole rings is 1. The summed E-state index contributed by atoms with van der Waals surface area (Å²) in [6.45, 7) is 4.00. The number of nitrogens with zero attached hydrogens (tertiary/aromatic N) is 2. The molecule has 2 heterocycles. The van der Waals surface area contributed by atoms with E-state index in [4.69, 9.17) is 16.3 Å². The van der Waals surface area contributed by atoms with Gasteiger partial charge >= 0.3 is 5.91 Å². The Morgan fingerprint density at radius 1 is 1.14 bits per heavy atom. The number of halogens is 1. The summed E-state index contributed by atoms with van der Waals surface area (Å²) in [5.41, 5.74) is 3.73. The first-order valence-electron chi connectivity index (χ1n) is 11.4. The molecular formula is C28H23ClN2O4S. The van der Waals surface area contributed by atoms with Crippen LogP contribution in [0.3, 0.4) is 0 Å². The van der Waals surface area contributed by atoms with Gasteiger partial charge in [-0.25, -0.2) is 4.98 Å². The van der Waals surface area contributed by atoms with Crippen LogP contribution in [-0.2, 0) is 16.0 Å². The predicted molar refractivity (Wildman–Crippen MR) is 143 cm³/mol. The molecule has 1 aromatic heterocycles. The summed E-state index contributed by atoms with van der Waals surface area (Å²) in [6.07, 6.45) is 0.873. The van der Waals surface area contributed by atoms with Gasteiger partial charge in [-0.1, -0.05) is 65.8 Å². The van der Waals surface area contributed by atoms with Crippen LogP contribution in [0, 0.1) is 6.92 Å². The molecule has 0 saturated carbocycles. The molecule has 8 heteroatoms. The van der Waals surface area contributed by atoms with Crippen LogP contribution in [0.15, 0.2) is 66.2 Å². The van der Waals surface area contributed by atoms with Gasteiger partial charge in [-0.05, 0) is 54.8 Å². The fourth-order valence-electron chi connectivity index (χ4n) is 4.48. The minimum absolute atomic E-state index is 0.0420. The van der Waals surface area contributed by atoms with Gasteiger partial charge in [0.15, 0.2) is 5.13 Å². The Balaban J connectivity index is 1.75. The molecule has 36 heavy (non-hydrogen) atoms. The van der Waals surface area contributed by atoms with Crippen LogP contribution in [-0.4, -0.2) is 28.9 Å². The standard InChI is InChI=1S/C28H23ClN2O4S/c1-4-16-8-10-20-22(13-16)36-28(30-20)31-24(17-7-5-6-15(2)12-17)23(26(33)27(31)34)25(32)19-14-18(29)9-11-21(19)35-3/h5-14,24,32H,4H2,1-3H3/b25-23+. The number of ketones is 1. The number of fused-ring (bicyclic) bond motifs is 1. The summed E-state index contributed by atoms with van der Waals surface area (Å²) >= 11 is 7.54. The third-order valence-electron chi connectivity index (χ3n) is 6.27. The number of carbonyl (C=O) groups is 2. The average molecular weight is 519 g/mol. The molecule has 1 N–H and O–H groups in total. The van der Waals surface area contributed by atoms with Crippen molar-refractivity contribution in [3.05, 3.63) is 93.5 Å². The zero-order valence-electron chi connectivity index (χ0n) is 19.9. The Morgan fingerprint density at radius 3 is 2.67 bits per heavy atom. The number of anilines is 1. The summed E-state index contributed by atoms with van der Waals surface area (Å²) in [5, 5.41) is 12.2. The van der Waals surface area contributed by atoms with Crippen LogP contribution < -0.4 is 9.64 Å². The summed E-state index contributed by atoms with van der Waals surface area (Å²) in [6, 6.07) is 17.4. The van der Waals surface area contributed by atoms with Gasteiger partial charge in [0, 0.05) is 5.02 Å². The van der Waals surface area contributed by atoms with Gasteiger partial charge in [-0.15, -0.1) is 0 Å². The van der Waals surface area contributed by atoms with E-state index in [0.717, 1.165) is 27.8 Å². The molecule has 1 unspecified atom stereocenters. The molecule has 1 aliphatic rings. The lowest BCUT2D eigenvalue weighted by Crippen LogP contribution is -2.29. The summed E-state index contributed by atoms with van der Waals surface area (Å²) < 4.78 is 6.33. The molecule has 0 bridgehead atoms. The Kier molecular flexibility index (Phi) is 6.28. The van der Waals surface area contributed by atoms with E-state index in [2.05, 4.69) is 11.9 Å². The van der Waals surface area contributed by atoms with Crippen molar-refractivity contribution in [1.82, 2.24) is 4.98 Å². The van der Waals surface area contributed by atoms with E-state index < -0.39 is 17.7 Å². The summed E-state index contributed by atoms with van der Waals surface area (Å²) in [5.74, 6) is -1.57. The van der Waals surface area contributed by atoms with Crippen molar-refractivity contribution in [1.29, 1.82) is 0 Å². The number of ether oxygens (including phenoxy) is 1. The van der Waals surface area contributed by atoms with Gasteiger partial charge in [-0.2, -0.15) is 0 Å². The lowest BCUT2D eigenvalue weighted by molar-refractivity contribution is -0.132. The van der Waals surface area contributed by atoms with E-state index in [1.807, 2.05) is 49.4 Å². The van der Waals surface area contributed by atoms with Gasteiger partial charge in [0.1, 0.15) is 11.5 Å². The van der Waals surface area contributed by atoms with Crippen LogP contribution in [0.25, 0.3) is 16.0 Å². The SMILES string of the molecule is CCc1ccc2nc(N3C(=O)C(=O)/C(=C(/O)c4cc(Cl)ccc4OC)C3c3cccc(C)c3)sc2c1. The van der Waals surface area contributed by atoms with Crippen LogP contribution in [0.1, 0.15) is 35.2 Å². The lowest BCUT2D eigenvalue weighted by Gasteiger charge is -2.23. The largest absolute Gasteiger partial charge is 0.507 e. The number of Topliss-reactive ketones (excluding diaryl/α,β-unsaturated/α-hetero) is 1. The summed E-state index contributed by atoms with van der Waals surface area (Å²) in [4.78, 5) is 33.0.